The summed E-state index contributed by atoms with van der Waals surface area (Å²) in [5, 5.41) is 1.20. The van der Waals surface area contributed by atoms with Crippen molar-refractivity contribution in [3.05, 3.63) is 66.1 Å². The van der Waals surface area contributed by atoms with Gasteiger partial charge >= 0.3 is 0 Å². The molecule has 0 amide bonds. The normalized spacial score (nSPS) is 14.2. The molecular formula is C21H20N6O. The number of hydrogen-bond acceptors (Lipinski definition) is 6. The third-order valence-electron chi connectivity index (χ3n) is 5.21. The number of fused-ring (bicyclic) bond motifs is 2. The highest BCUT2D eigenvalue weighted by molar-refractivity contribution is 5.84. The van der Waals surface area contributed by atoms with Gasteiger partial charge in [0, 0.05) is 55.3 Å². The molecule has 0 bridgehead atoms. The van der Waals surface area contributed by atoms with Gasteiger partial charge in [-0.25, -0.2) is 19.9 Å². The molecule has 0 unspecified atom stereocenters. The lowest BCUT2D eigenvalue weighted by atomic mass is 10.1. The average molecular weight is 372 g/mol. The minimum absolute atomic E-state index is 0.679. The summed E-state index contributed by atoms with van der Waals surface area (Å²) in [5.74, 6) is 1.55. The highest BCUT2D eigenvalue weighted by Gasteiger charge is 2.20. The maximum absolute atomic E-state index is 5.38. The van der Waals surface area contributed by atoms with Gasteiger partial charge in [0.05, 0.1) is 18.4 Å². The fourth-order valence-electron chi connectivity index (χ4n) is 3.70. The highest BCUT2D eigenvalue weighted by Crippen LogP contribution is 2.27. The number of hydrogen-bond donors (Lipinski definition) is 1. The van der Waals surface area contributed by atoms with Crippen LogP contribution in [-0.4, -0.2) is 43.5 Å². The Morgan fingerprint density at radius 2 is 2.07 bits per heavy atom. The molecule has 7 nitrogen and oxygen atoms in total. The van der Waals surface area contributed by atoms with Crippen molar-refractivity contribution in [3.8, 4) is 17.1 Å². The Bertz CT molecular complexity index is 1120. The van der Waals surface area contributed by atoms with Gasteiger partial charge in [-0.15, -0.1) is 0 Å². The van der Waals surface area contributed by atoms with Gasteiger partial charge in [-0.2, -0.15) is 0 Å². The van der Waals surface area contributed by atoms with Crippen molar-refractivity contribution < 1.29 is 4.74 Å². The molecule has 1 aromatic carbocycles. The topological polar surface area (TPSA) is 79.8 Å². The number of aromatic nitrogens is 5. The van der Waals surface area contributed by atoms with E-state index in [2.05, 4.69) is 43.2 Å². The predicted molar refractivity (Wildman–Crippen MR) is 106 cm³/mol. The van der Waals surface area contributed by atoms with E-state index >= 15 is 0 Å². The van der Waals surface area contributed by atoms with E-state index in [1.807, 2.05) is 12.3 Å². The van der Waals surface area contributed by atoms with Crippen LogP contribution in [0.1, 0.15) is 16.8 Å². The summed E-state index contributed by atoms with van der Waals surface area (Å²) in [4.78, 5) is 23.2. The maximum atomic E-state index is 5.38. The lowest BCUT2D eigenvalue weighted by molar-refractivity contribution is 0.242. The van der Waals surface area contributed by atoms with Crippen LogP contribution in [-0.2, 0) is 19.5 Å². The van der Waals surface area contributed by atoms with E-state index in [1.54, 1.807) is 19.5 Å². The van der Waals surface area contributed by atoms with Crippen LogP contribution in [0.2, 0.25) is 0 Å². The molecule has 0 saturated heterocycles. The Balaban J connectivity index is 1.40. The summed E-state index contributed by atoms with van der Waals surface area (Å²) in [6.07, 6.45) is 9.99. The molecule has 7 heteroatoms. The molecule has 0 radical (unpaired) electrons. The SMILES string of the molecule is COc1ccc2[nH]cc(CN3CCc4cnc(-c5cncnc5)nc4C3)c2c1. The number of methoxy groups -OCH3 is 1. The molecule has 4 aromatic rings. The van der Waals surface area contributed by atoms with Gasteiger partial charge in [-0.3, -0.25) is 4.90 Å². The van der Waals surface area contributed by atoms with Gasteiger partial charge in [0.15, 0.2) is 5.82 Å². The predicted octanol–water partition coefficient (Wildman–Crippen LogP) is 2.98. The minimum Gasteiger partial charge on any atom is -0.497 e. The second-order valence-corrected chi connectivity index (χ2v) is 6.98. The number of nitrogens with zero attached hydrogens (tertiary/aromatic N) is 5. The van der Waals surface area contributed by atoms with Crippen molar-refractivity contribution in [2.75, 3.05) is 13.7 Å². The van der Waals surface area contributed by atoms with Crippen LogP contribution in [0.3, 0.4) is 0 Å². The van der Waals surface area contributed by atoms with Crippen molar-refractivity contribution in [2.24, 2.45) is 0 Å². The second kappa shape index (κ2) is 7.01. The summed E-state index contributed by atoms with van der Waals surface area (Å²) in [6, 6.07) is 6.13. The zero-order valence-corrected chi connectivity index (χ0v) is 15.6. The van der Waals surface area contributed by atoms with Gasteiger partial charge in [0.25, 0.3) is 0 Å². The van der Waals surface area contributed by atoms with Crippen LogP contribution in [0, 0.1) is 0 Å². The van der Waals surface area contributed by atoms with Crippen LogP contribution in [0.15, 0.2) is 49.3 Å². The number of ether oxygens (including phenoxy) is 1. The highest BCUT2D eigenvalue weighted by atomic mass is 16.5. The number of rotatable bonds is 4. The van der Waals surface area contributed by atoms with Crippen LogP contribution in [0.25, 0.3) is 22.3 Å². The molecule has 1 aliphatic heterocycles. The van der Waals surface area contributed by atoms with E-state index in [1.165, 1.54) is 22.8 Å². The maximum Gasteiger partial charge on any atom is 0.162 e. The molecule has 3 aromatic heterocycles. The standard InChI is InChI=1S/C21H20N6O/c1-28-17-2-3-19-18(6-17)16(10-24-19)11-27-5-4-14-9-25-21(26-20(14)12-27)15-7-22-13-23-8-15/h2-3,6-10,13,24H,4-5,11-12H2,1H3. The largest absolute Gasteiger partial charge is 0.497 e. The Labute approximate surface area is 162 Å². The van der Waals surface area contributed by atoms with Crippen molar-refractivity contribution in [3.63, 3.8) is 0 Å². The number of nitrogens with one attached hydrogen (secondary N) is 1. The fraction of sp³-hybridized carbons (Fsp3) is 0.238. The van der Waals surface area contributed by atoms with Gasteiger partial charge < -0.3 is 9.72 Å². The first-order valence-electron chi connectivity index (χ1n) is 9.26. The van der Waals surface area contributed by atoms with E-state index in [4.69, 9.17) is 9.72 Å². The molecule has 0 fully saturated rings. The monoisotopic (exact) mass is 372 g/mol. The van der Waals surface area contributed by atoms with Crippen LogP contribution in [0.4, 0.5) is 0 Å². The Hall–Kier alpha value is -3.32. The first-order valence-corrected chi connectivity index (χ1v) is 9.26. The minimum atomic E-state index is 0.679. The molecule has 0 spiro atoms. The van der Waals surface area contributed by atoms with Crippen molar-refractivity contribution in [1.82, 2.24) is 29.8 Å². The Morgan fingerprint density at radius 1 is 1.18 bits per heavy atom. The quantitative estimate of drug-likeness (QED) is 0.593. The fourth-order valence-corrected chi connectivity index (χ4v) is 3.70. The molecule has 0 atom stereocenters. The van der Waals surface area contributed by atoms with Gasteiger partial charge in [-0.1, -0.05) is 0 Å². The van der Waals surface area contributed by atoms with Gasteiger partial charge in [-0.05, 0) is 35.7 Å². The van der Waals surface area contributed by atoms with E-state index in [9.17, 15) is 0 Å². The van der Waals surface area contributed by atoms with Gasteiger partial charge in [0.1, 0.15) is 12.1 Å². The van der Waals surface area contributed by atoms with E-state index in [0.29, 0.717) is 5.82 Å². The first kappa shape index (κ1) is 16.8. The van der Waals surface area contributed by atoms with Crippen molar-refractivity contribution in [2.45, 2.75) is 19.5 Å². The van der Waals surface area contributed by atoms with Crippen molar-refractivity contribution in [1.29, 1.82) is 0 Å². The summed E-state index contributed by atoms with van der Waals surface area (Å²) in [6.45, 7) is 2.65. The van der Waals surface area contributed by atoms with Crippen LogP contribution in [0.5, 0.6) is 5.75 Å². The van der Waals surface area contributed by atoms with E-state index in [-0.39, 0.29) is 0 Å². The zero-order valence-electron chi connectivity index (χ0n) is 15.6. The molecule has 0 saturated carbocycles. The molecule has 28 heavy (non-hydrogen) atoms. The summed E-state index contributed by atoms with van der Waals surface area (Å²) >= 11 is 0. The molecule has 140 valence electrons. The third kappa shape index (κ3) is 3.10. The Kier molecular flexibility index (Phi) is 4.21. The molecular weight excluding hydrogens is 352 g/mol. The lowest BCUT2D eigenvalue weighted by Crippen LogP contribution is -2.31. The van der Waals surface area contributed by atoms with E-state index < -0.39 is 0 Å². The number of benzene rings is 1. The van der Waals surface area contributed by atoms with Crippen LogP contribution < -0.4 is 4.74 Å². The Morgan fingerprint density at radius 3 is 2.93 bits per heavy atom. The zero-order chi connectivity index (χ0) is 18.9. The third-order valence-corrected chi connectivity index (χ3v) is 5.21. The smallest absolute Gasteiger partial charge is 0.162 e. The van der Waals surface area contributed by atoms with Gasteiger partial charge in [0.2, 0.25) is 0 Å². The van der Waals surface area contributed by atoms with E-state index in [0.717, 1.165) is 48.6 Å². The second-order valence-electron chi connectivity index (χ2n) is 6.98. The first-order chi connectivity index (χ1) is 13.8. The molecule has 5 rings (SSSR count). The molecule has 1 aliphatic rings. The number of aromatic amines is 1. The summed E-state index contributed by atoms with van der Waals surface area (Å²) < 4.78 is 5.38. The summed E-state index contributed by atoms with van der Waals surface area (Å²) in [7, 11) is 1.70. The van der Waals surface area contributed by atoms with Crippen LogP contribution >= 0.6 is 0 Å². The van der Waals surface area contributed by atoms with Crippen molar-refractivity contribution >= 4 is 10.9 Å². The molecule has 1 N–H and O–H groups in total. The average Bonchev–Trinajstić information content (AvgIpc) is 3.15. The number of H-pyrrole nitrogens is 1. The molecule has 0 aliphatic carbocycles. The molecule has 4 heterocycles. The lowest BCUT2D eigenvalue weighted by Gasteiger charge is -2.27. The summed E-state index contributed by atoms with van der Waals surface area (Å²) in [5.41, 5.74) is 5.53.